The first-order chi connectivity index (χ1) is 13.2. The van der Waals surface area contributed by atoms with Crippen molar-refractivity contribution in [2.24, 2.45) is 0 Å². The van der Waals surface area contributed by atoms with Gasteiger partial charge in [-0.1, -0.05) is 42.5 Å². The molecule has 0 radical (unpaired) electrons. The van der Waals surface area contributed by atoms with Crippen molar-refractivity contribution >= 4 is 11.8 Å². The third kappa shape index (κ3) is 4.03. The van der Waals surface area contributed by atoms with Gasteiger partial charge in [0, 0.05) is 13.0 Å². The summed E-state index contributed by atoms with van der Waals surface area (Å²) >= 11 is 0. The first kappa shape index (κ1) is 17.7. The molecule has 0 spiro atoms. The van der Waals surface area contributed by atoms with Gasteiger partial charge < -0.3 is 4.74 Å². The van der Waals surface area contributed by atoms with Crippen molar-refractivity contribution in [1.82, 2.24) is 10.9 Å². The summed E-state index contributed by atoms with van der Waals surface area (Å²) in [7, 11) is 0. The number of rotatable bonds is 5. The fourth-order valence-corrected chi connectivity index (χ4v) is 3.84. The monoisotopic (exact) mass is 364 g/mol. The summed E-state index contributed by atoms with van der Waals surface area (Å²) in [5.74, 6) is -0.439. The summed E-state index contributed by atoms with van der Waals surface area (Å²) in [5.41, 5.74) is 11.6. The fourth-order valence-electron chi connectivity index (χ4n) is 3.84. The van der Waals surface area contributed by atoms with Crippen LogP contribution < -0.4 is 10.9 Å². The van der Waals surface area contributed by atoms with Crippen LogP contribution in [-0.4, -0.2) is 24.5 Å². The van der Waals surface area contributed by atoms with Gasteiger partial charge in [0.25, 0.3) is 5.91 Å². The minimum Gasteiger partial charge on any atom is -0.368 e. The van der Waals surface area contributed by atoms with E-state index in [4.69, 9.17) is 4.74 Å². The summed E-state index contributed by atoms with van der Waals surface area (Å²) < 4.78 is 5.28. The minimum atomic E-state index is -0.431. The lowest BCUT2D eigenvalue weighted by Crippen LogP contribution is -2.46. The van der Waals surface area contributed by atoms with E-state index in [1.807, 2.05) is 0 Å². The second-order valence-electron chi connectivity index (χ2n) is 7.22. The smallest absolute Gasteiger partial charge is 0.267 e. The highest BCUT2D eigenvalue weighted by atomic mass is 16.5. The Hall–Kier alpha value is -2.66. The first-order valence-electron chi connectivity index (χ1n) is 9.61. The lowest BCUT2D eigenvalue weighted by atomic mass is 10.00. The molecule has 1 fully saturated rings. The second-order valence-corrected chi connectivity index (χ2v) is 7.22. The van der Waals surface area contributed by atoms with E-state index >= 15 is 0 Å². The number of hydrogen-bond donors (Lipinski definition) is 2. The Morgan fingerprint density at radius 2 is 1.89 bits per heavy atom. The summed E-state index contributed by atoms with van der Waals surface area (Å²) in [6, 6.07) is 15.1. The number of nitrogens with one attached hydrogen (secondary N) is 2. The second kappa shape index (κ2) is 7.92. The summed E-state index contributed by atoms with van der Waals surface area (Å²) in [6.45, 7) is 0.608. The van der Waals surface area contributed by atoms with Gasteiger partial charge in [0.05, 0.1) is 0 Å². The third-order valence-electron chi connectivity index (χ3n) is 5.28. The lowest BCUT2D eigenvalue weighted by Gasteiger charge is -2.11. The normalized spacial score (nSPS) is 17.3. The molecule has 0 saturated carbocycles. The van der Waals surface area contributed by atoms with Gasteiger partial charge in [-0.2, -0.15) is 0 Å². The molecule has 0 aromatic heterocycles. The maximum Gasteiger partial charge on any atom is 0.267 e. The molecule has 2 N–H and O–H groups in total. The number of carbonyl (C=O) groups is 2. The van der Waals surface area contributed by atoms with Gasteiger partial charge in [-0.15, -0.1) is 0 Å². The van der Waals surface area contributed by atoms with Crippen molar-refractivity contribution in [3.8, 4) is 11.1 Å². The zero-order chi connectivity index (χ0) is 18.6. The number of amides is 2. The van der Waals surface area contributed by atoms with E-state index in [1.54, 1.807) is 0 Å². The highest BCUT2D eigenvalue weighted by Crippen LogP contribution is 2.36. The van der Waals surface area contributed by atoms with Gasteiger partial charge in [-0.3, -0.25) is 20.4 Å². The molecule has 5 nitrogen and oxygen atoms in total. The summed E-state index contributed by atoms with van der Waals surface area (Å²) in [6.07, 6.45) is 4.11. The lowest BCUT2D eigenvalue weighted by molar-refractivity contribution is -0.134. The van der Waals surface area contributed by atoms with Crippen molar-refractivity contribution < 1.29 is 14.3 Å². The van der Waals surface area contributed by atoms with Crippen LogP contribution in [0.4, 0.5) is 0 Å². The van der Waals surface area contributed by atoms with Crippen LogP contribution in [0, 0.1) is 0 Å². The molecule has 1 unspecified atom stereocenters. The number of ether oxygens (including phenoxy) is 1. The molecular formula is C22H24N2O3. The van der Waals surface area contributed by atoms with Gasteiger partial charge in [-0.05, 0) is 59.9 Å². The highest BCUT2D eigenvalue weighted by molar-refractivity contribution is 5.84. The van der Waals surface area contributed by atoms with Crippen LogP contribution in [0.2, 0.25) is 0 Å². The molecule has 1 saturated heterocycles. The van der Waals surface area contributed by atoms with Crippen LogP contribution in [0.1, 0.15) is 42.4 Å². The largest absolute Gasteiger partial charge is 0.368 e. The van der Waals surface area contributed by atoms with Crippen LogP contribution in [0.25, 0.3) is 11.1 Å². The number of aryl methyl sites for hydroxylation is 1. The van der Waals surface area contributed by atoms with Crippen molar-refractivity contribution in [3.63, 3.8) is 0 Å². The Kier molecular flexibility index (Phi) is 5.21. The van der Waals surface area contributed by atoms with E-state index < -0.39 is 6.10 Å². The Morgan fingerprint density at radius 1 is 1.04 bits per heavy atom. The molecule has 4 rings (SSSR count). The Morgan fingerprint density at radius 3 is 2.74 bits per heavy atom. The van der Waals surface area contributed by atoms with Crippen molar-refractivity contribution in [3.05, 3.63) is 59.2 Å². The van der Waals surface area contributed by atoms with Crippen LogP contribution >= 0.6 is 0 Å². The SMILES string of the molecule is O=C(CCCc1ccc2c(c1)-c1ccccc1C2)NNC(=O)C1CCCO1. The molecule has 2 aromatic carbocycles. The Labute approximate surface area is 159 Å². The summed E-state index contributed by atoms with van der Waals surface area (Å²) in [5, 5.41) is 0. The number of carbonyl (C=O) groups excluding carboxylic acids is 2. The van der Waals surface area contributed by atoms with Crippen LogP contribution in [0.5, 0.6) is 0 Å². The van der Waals surface area contributed by atoms with E-state index in [1.165, 1.54) is 27.8 Å². The van der Waals surface area contributed by atoms with E-state index in [0.717, 1.165) is 25.7 Å². The maximum atomic E-state index is 11.9. The average Bonchev–Trinajstić information content (AvgIpc) is 3.34. The first-order valence-corrected chi connectivity index (χ1v) is 9.61. The number of fused-ring (bicyclic) bond motifs is 3. The van der Waals surface area contributed by atoms with Crippen LogP contribution in [0.3, 0.4) is 0 Å². The van der Waals surface area contributed by atoms with Gasteiger partial charge in [0.1, 0.15) is 6.10 Å². The molecule has 0 bridgehead atoms. The van der Waals surface area contributed by atoms with E-state index in [9.17, 15) is 9.59 Å². The van der Waals surface area contributed by atoms with Crippen LogP contribution in [-0.2, 0) is 27.2 Å². The van der Waals surface area contributed by atoms with Crippen molar-refractivity contribution in [2.45, 2.75) is 44.6 Å². The van der Waals surface area contributed by atoms with Gasteiger partial charge in [-0.25, -0.2) is 0 Å². The van der Waals surface area contributed by atoms with Gasteiger partial charge in [0.2, 0.25) is 5.91 Å². The fraction of sp³-hybridized carbons (Fsp3) is 0.364. The zero-order valence-corrected chi connectivity index (χ0v) is 15.3. The number of hydrazine groups is 1. The number of hydrogen-bond acceptors (Lipinski definition) is 3. The quantitative estimate of drug-likeness (QED) is 0.684. The average molecular weight is 364 g/mol. The predicted octanol–water partition coefficient (Wildman–Crippen LogP) is 2.91. The topological polar surface area (TPSA) is 67.4 Å². The molecule has 1 aliphatic carbocycles. The minimum absolute atomic E-state index is 0.173. The highest BCUT2D eigenvalue weighted by Gasteiger charge is 2.23. The van der Waals surface area contributed by atoms with Crippen molar-refractivity contribution in [2.75, 3.05) is 6.61 Å². The van der Waals surface area contributed by atoms with Crippen LogP contribution in [0.15, 0.2) is 42.5 Å². The van der Waals surface area contributed by atoms with E-state index in [-0.39, 0.29) is 11.8 Å². The molecule has 5 heteroatoms. The molecule has 27 heavy (non-hydrogen) atoms. The standard InChI is InChI=1S/C22H24N2O3/c25-21(23-24-22(26)20-8-4-12-27-20)9-3-5-15-10-11-17-14-16-6-1-2-7-18(16)19(17)13-15/h1-2,6-7,10-11,13,20H,3-5,8-9,12,14H2,(H,23,25)(H,24,26). The van der Waals surface area contributed by atoms with Crippen molar-refractivity contribution in [1.29, 1.82) is 0 Å². The number of benzene rings is 2. The molecule has 1 aliphatic heterocycles. The van der Waals surface area contributed by atoms with E-state index in [2.05, 4.69) is 53.3 Å². The zero-order valence-electron chi connectivity index (χ0n) is 15.3. The van der Waals surface area contributed by atoms with Gasteiger partial charge in [0.15, 0.2) is 0 Å². The Balaban J connectivity index is 1.25. The molecule has 140 valence electrons. The van der Waals surface area contributed by atoms with E-state index in [0.29, 0.717) is 19.4 Å². The molecule has 1 atom stereocenters. The predicted molar refractivity (Wildman–Crippen MR) is 103 cm³/mol. The molecule has 2 amide bonds. The molecule has 1 heterocycles. The maximum absolute atomic E-state index is 11.9. The molecular weight excluding hydrogens is 340 g/mol. The molecule has 2 aliphatic rings. The third-order valence-corrected chi connectivity index (χ3v) is 5.28. The Bertz CT molecular complexity index is 856. The summed E-state index contributed by atoms with van der Waals surface area (Å²) in [4.78, 5) is 23.7. The van der Waals surface area contributed by atoms with Gasteiger partial charge >= 0.3 is 0 Å². The molecule has 2 aromatic rings.